The first-order valence-corrected chi connectivity index (χ1v) is 7.92. The number of pyridine rings is 1. The van der Waals surface area contributed by atoms with Crippen molar-refractivity contribution >= 4 is 5.69 Å². The topological polar surface area (TPSA) is 28.2 Å². The summed E-state index contributed by atoms with van der Waals surface area (Å²) in [7, 11) is 0. The van der Waals surface area contributed by atoms with Gasteiger partial charge in [-0.25, -0.2) is 4.39 Å². The minimum Gasteiger partial charge on any atom is -0.371 e. The number of hydrogen-bond donors (Lipinski definition) is 1. The molecule has 3 nitrogen and oxygen atoms in total. The van der Waals surface area contributed by atoms with Gasteiger partial charge in [0, 0.05) is 30.4 Å². The summed E-state index contributed by atoms with van der Waals surface area (Å²) in [5.74, 6) is -0.202. The maximum atomic E-state index is 13.6. The van der Waals surface area contributed by atoms with Gasteiger partial charge >= 0.3 is 0 Å². The monoisotopic (exact) mass is 297 g/mol. The molecule has 1 spiro atoms. The molecule has 1 aromatic carbocycles. The zero-order valence-corrected chi connectivity index (χ0v) is 12.5. The fourth-order valence-electron chi connectivity index (χ4n) is 4.02. The van der Waals surface area contributed by atoms with Gasteiger partial charge < -0.3 is 10.2 Å². The molecule has 22 heavy (non-hydrogen) atoms. The number of halogens is 1. The van der Waals surface area contributed by atoms with Crippen LogP contribution in [-0.2, 0) is 0 Å². The number of anilines is 1. The summed E-state index contributed by atoms with van der Waals surface area (Å²) in [6, 6.07) is 13.7. The first-order chi connectivity index (χ1) is 10.8. The molecule has 114 valence electrons. The Morgan fingerprint density at radius 3 is 2.86 bits per heavy atom. The Labute approximate surface area is 130 Å². The van der Waals surface area contributed by atoms with E-state index in [1.807, 2.05) is 6.07 Å². The second-order valence-corrected chi connectivity index (χ2v) is 6.41. The van der Waals surface area contributed by atoms with Crippen LogP contribution in [0.2, 0.25) is 0 Å². The summed E-state index contributed by atoms with van der Waals surface area (Å²) in [6.45, 7) is 3.04. The Balaban J connectivity index is 1.61. The summed E-state index contributed by atoms with van der Waals surface area (Å²) < 4.78 is 13.6. The minimum atomic E-state index is -0.202. The second kappa shape index (κ2) is 5.36. The first-order valence-electron chi connectivity index (χ1n) is 7.92. The van der Waals surface area contributed by atoms with Gasteiger partial charge in [-0.15, -0.1) is 0 Å². The van der Waals surface area contributed by atoms with E-state index in [4.69, 9.17) is 0 Å². The number of rotatable bonds is 2. The maximum Gasteiger partial charge on any atom is 0.126 e. The van der Waals surface area contributed by atoms with Crippen LogP contribution in [0.4, 0.5) is 10.1 Å². The molecule has 1 N–H and O–H groups in total. The third-order valence-electron chi connectivity index (χ3n) is 5.13. The lowest BCUT2D eigenvalue weighted by Crippen LogP contribution is -2.33. The molecule has 2 aliphatic heterocycles. The lowest BCUT2D eigenvalue weighted by Gasteiger charge is -2.31. The quantitative estimate of drug-likeness (QED) is 0.923. The van der Waals surface area contributed by atoms with E-state index >= 15 is 0 Å². The molecule has 0 radical (unpaired) electrons. The largest absolute Gasteiger partial charge is 0.371 e. The van der Waals surface area contributed by atoms with Crippen molar-refractivity contribution in [2.24, 2.45) is 5.41 Å². The highest BCUT2D eigenvalue weighted by Crippen LogP contribution is 2.48. The van der Waals surface area contributed by atoms with E-state index in [2.05, 4.69) is 39.5 Å². The van der Waals surface area contributed by atoms with Gasteiger partial charge in [-0.3, -0.25) is 4.98 Å². The SMILES string of the molecule is Fc1ccnc(C2NCCC23CCN(c2ccccc2)C3)c1. The van der Waals surface area contributed by atoms with Crippen LogP contribution in [0.25, 0.3) is 0 Å². The van der Waals surface area contributed by atoms with Crippen molar-refractivity contribution in [2.45, 2.75) is 18.9 Å². The van der Waals surface area contributed by atoms with Crippen LogP contribution < -0.4 is 10.2 Å². The standard InChI is InChI=1S/C18H20FN3/c19-14-6-9-20-16(12-14)17-18(7-10-21-17)8-11-22(13-18)15-4-2-1-3-5-15/h1-6,9,12,17,21H,7-8,10-11,13H2. The summed E-state index contributed by atoms with van der Waals surface area (Å²) in [5.41, 5.74) is 2.28. The number of aromatic nitrogens is 1. The zero-order chi connectivity index (χ0) is 15.0. The molecule has 2 aliphatic rings. The molecule has 0 bridgehead atoms. The highest BCUT2D eigenvalue weighted by atomic mass is 19.1. The molecule has 2 fully saturated rings. The van der Waals surface area contributed by atoms with Gasteiger partial charge in [0.2, 0.25) is 0 Å². The van der Waals surface area contributed by atoms with Crippen molar-refractivity contribution < 1.29 is 4.39 Å². The van der Waals surface area contributed by atoms with Crippen LogP contribution in [0.5, 0.6) is 0 Å². The molecule has 2 saturated heterocycles. The molecule has 0 amide bonds. The zero-order valence-electron chi connectivity index (χ0n) is 12.5. The van der Waals surface area contributed by atoms with E-state index in [0.29, 0.717) is 0 Å². The van der Waals surface area contributed by atoms with Gasteiger partial charge in [0.25, 0.3) is 0 Å². The van der Waals surface area contributed by atoms with Gasteiger partial charge in [0.1, 0.15) is 5.82 Å². The van der Waals surface area contributed by atoms with Gasteiger partial charge in [-0.2, -0.15) is 0 Å². The smallest absolute Gasteiger partial charge is 0.126 e. The fourth-order valence-corrected chi connectivity index (χ4v) is 4.02. The van der Waals surface area contributed by atoms with Crippen molar-refractivity contribution in [3.63, 3.8) is 0 Å². The predicted molar refractivity (Wildman–Crippen MR) is 85.3 cm³/mol. The molecular weight excluding hydrogens is 277 g/mol. The lowest BCUT2D eigenvalue weighted by atomic mass is 9.78. The molecule has 2 unspecified atom stereocenters. The van der Waals surface area contributed by atoms with E-state index in [1.165, 1.54) is 11.8 Å². The van der Waals surface area contributed by atoms with Crippen LogP contribution >= 0.6 is 0 Å². The molecule has 0 aliphatic carbocycles. The number of nitrogens with zero attached hydrogens (tertiary/aromatic N) is 2. The predicted octanol–water partition coefficient (Wildman–Crippen LogP) is 3.15. The second-order valence-electron chi connectivity index (χ2n) is 6.41. The van der Waals surface area contributed by atoms with Crippen molar-refractivity contribution in [3.05, 3.63) is 60.2 Å². The Kier molecular flexibility index (Phi) is 3.34. The van der Waals surface area contributed by atoms with Gasteiger partial charge in [-0.05, 0) is 43.7 Å². The Bertz CT molecular complexity index is 660. The average molecular weight is 297 g/mol. The number of hydrogen-bond acceptors (Lipinski definition) is 3. The van der Waals surface area contributed by atoms with Crippen LogP contribution in [-0.4, -0.2) is 24.6 Å². The minimum absolute atomic E-state index is 0.150. The molecule has 4 rings (SSSR count). The molecule has 3 heterocycles. The highest BCUT2D eigenvalue weighted by Gasteiger charge is 2.48. The average Bonchev–Trinajstić information content (AvgIpc) is 3.16. The van der Waals surface area contributed by atoms with Gasteiger partial charge in [0.05, 0.1) is 11.7 Å². The van der Waals surface area contributed by atoms with E-state index in [9.17, 15) is 4.39 Å². The van der Waals surface area contributed by atoms with Crippen molar-refractivity contribution in [1.29, 1.82) is 0 Å². The van der Waals surface area contributed by atoms with Crippen LogP contribution in [0.15, 0.2) is 48.7 Å². The fraction of sp³-hybridized carbons (Fsp3) is 0.389. The van der Waals surface area contributed by atoms with E-state index < -0.39 is 0 Å². The van der Waals surface area contributed by atoms with Crippen LogP contribution in [0, 0.1) is 11.2 Å². The summed E-state index contributed by atoms with van der Waals surface area (Å²) >= 11 is 0. The first kappa shape index (κ1) is 13.7. The van der Waals surface area contributed by atoms with E-state index in [1.54, 1.807) is 12.3 Å². The molecule has 2 atom stereocenters. The summed E-state index contributed by atoms with van der Waals surface area (Å²) in [4.78, 5) is 6.86. The summed E-state index contributed by atoms with van der Waals surface area (Å²) in [5, 5.41) is 3.55. The van der Waals surface area contributed by atoms with E-state index in [-0.39, 0.29) is 17.3 Å². The van der Waals surface area contributed by atoms with Crippen molar-refractivity contribution in [2.75, 3.05) is 24.5 Å². The van der Waals surface area contributed by atoms with Crippen molar-refractivity contribution in [1.82, 2.24) is 10.3 Å². The third kappa shape index (κ3) is 2.28. The molecule has 4 heteroatoms. The normalized spacial score (nSPS) is 27.7. The Morgan fingerprint density at radius 1 is 1.18 bits per heavy atom. The molecule has 1 aromatic heterocycles. The highest BCUT2D eigenvalue weighted by molar-refractivity contribution is 5.48. The number of para-hydroxylation sites is 1. The van der Waals surface area contributed by atoms with Gasteiger partial charge in [-0.1, -0.05) is 18.2 Å². The van der Waals surface area contributed by atoms with Gasteiger partial charge in [0.15, 0.2) is 0 Å². The molecular formula is C18H20FN3. The Morgan fingerprint density at radius 2 is 2.05 bits per heavy atom. The Hall–Kier alpha value is -1.94. The lowest BCUT2D eigenvalue weighted by molar-refractivity contribution is 0.281. The number of benzene rings is 1. The summed E-state index contributed by atoms with van der Waals surface area (Å²) in [6.07, 6.45) is 3.82. The molecule has 2 aromatic rings. The van der Waals surface area contributed by atoms with Crippen LogP contribution in [0.1, 0.15) is 24.6 Å². The van der Waals surface area contributed by atoms with Crippen molar-refractivity contribution in [3.8, 4) is 0 Å². The third-order valence-corrected chi connectivity index (χ3v) is 5.13. The maximum absolute atomic E-state index is 13.6. The van der Waals surface area contributed by atoms with E-state index in [0.717, 1.165) is 38.2 Å². The number of nitrogens with one attached hydrogen (secondary N) is 1. The van der Waals surface area contributed by atoms with Crippen LogP contribution in [0.3, 0.4) is 0 Å². The molecule has 0 saturated carbocycles.